The van der Waals surface area contributed by atoms with E-state index in [1.54, 1.807) is 35.7 Å². The summed E-state index contributed by atoms with van der Waals surface area (Å²) in [5, 5.41) is 1.11. The molecule has 192 valence electrons. The molecule has 1 unspecified atom stereocenters. The number of sulfonamides is 1. The third-order valence-electron chi connectivity index (χ3n) is 7.35. The minimum atomic E-state index is -3.54. The van der Waals surface area contributed by atoms with E-state index in [4.69, 9.17) is 14.7 Å². The summed E-state index contributed by atoms with van der Waals surface area (Å²) < 4.78 is 33.2. The van der Waals surface area contributed by atoms with Crippen LogP contribution in [0, 0.1) is 0 Å². The molecular formula is C27H35N5O3S. The summed E-state index contributed by atoms with van der Waals surface area (Å²) in [6.45, 7) is 6.38. The molecule has 1 atom stereocenters. The van der Waals surface area contributed by atoms with Crippen LogP contribution in [0.1, 0.15) is 44.5 Å². The fourth-order valence-corrected chi connectivity index (χ4v) is 6.75. The first-order valence-corrected chi connectivity index (χ1v) is 14.3. The fraction of sp³-hybridized carbons (Fsp3) is 0.481. The molecule has 2 aliphatic heterocycles. The molecule has 2 aliphatic rings. The van der Waals surface area contributed by atoms with Gasteiger partial charge in [0.15, 0.2) is 0 Å². The first kappa shape index (κ1) is 24.9. The molecule has 0 spiro atoms. The zero-order valence-electron chi connectivity index (χ0n) is 21.1. The van der Waals surface area contributed by atoms with Crippen LogP contribution in [-0.4, -0.2) is 74.0 Å². The van der Waals surface area contributed by atoms with Crippen molar-refractivity contribution in [2.45, 2.75) is 43.5 Å². The van der Waals surface area contributed by atoms with Gasteiger partial charge in [-0.2, -0.15) is 4.31 Å². The predicted octanol–water partition coefficient (Wildman–Crippen LogP) is 4.09. The number of piperidine rings is 1. The molecule has 0 amide bonds. The lowest BCUT2D eigenvalue weighted by molar-refractivity contribution is 0.129. The summed E-state index contributed by atoms with van der Waals surface area (Å²) in [6.07, 6.45) is 4.52. The minimum Gasteiger partial charge on any atom is -0.497 e. The van der Waals surface area contributed by atoms with Gasteiger partial charge in [-0.15, -0.1) is 0 Å². The number of ether oxygens (including phenoxy) is 1. The molecule has 0 saturated carbocycles. The van der Waals surface area contributed by atoms with Gasteiger partial charge >= 0.3 is 0 Å². The van der Waals surface area contributed by atoms with E-state index >= 15 is 0 Å². The zero-order valence-corrected chi connectivity index (χ0v) is 22.0. The fourth-order valence-electron chi connectivity index (χ4n) is 5.33. The zero-order chi connectivity index (χ0) is 25.1. The van der Waals surface area contributed by atoms with E-state index in [2.05, 4.69) is 34.9 Å². The summed E-state index contributed by atoms with van der Waals surface area (Å²) in [4.78, 5) is 15.2. The van der Waals surface area contributed by atoms with Gasteiger partial charge < -0.3 is 9.64 Å². The lowest BCUT2D eigenvalue weighted by Crippen LogP contribution is -2.49. The third-order valence-corrected chi connectivity index (χ3v) is 9.26. The molecular weight excluding hydrogens is 474 g/mol. The highest BCUT2D eigenvalue weighted by atomic mass is 32.2. The SMILES string of the molecule is CCC(c1nc(N2CCCCC2)c2ccccc2n1)N1CCN(S(=O)(=O)c2ccc(OC)cc2)CC1. The Morgan fingerprint density at radius 3 is 2.25 bits per heavy atom. The quantitative estimate of drug-likeness (QED) is 0.475. The van der Waals surface area contributed by atoms with Gasteiger partial charge in [-0.3, -0.25) is 4.90 Å². The van der Waals surface area contributed by atoms with Crippen LogP contribution in [-0.2, 0) is 10.0 Å². The highest BCUT2D eigenvalue weighted by molar-refractivity contribution is 7.89. The molecule has 3 aromatic rings. The van der Waals surface area contributed by atoms with Gasteiger partial charge in [-0.25, -0.2) is 18.4 Å². The van der Waals surface area contributed by atoms with Gasteiger partial charge in [0, 0.05) is 44.7 Å². The van der Waals surface area contributed by atoms with Crippen LogP contribution in [0.25, 0.3) is 10.9 Å². The number of methoxy groups -OCH3 is 1. The second-order valence-electron chi connectivity index (χ2n) is 9.51. The van der Waals surface area contributed by atoms with Gasteiger partial charge in [-0.05, 0) is 62.1 Å². The Morgan fingerprint density at radius 1 is 0.889 bits per heavy atom. The van der Waals surface area contributed by atoms with Crippen LogP contribution in [0.3, 0.4) is 0 Å². The summed E-state index contributed by atoms with van der Waals surface area (Å²) in [5.41, 5.74) is 0.974. The number of benzene rings is 2. The maximum Gasteiger partial charge on any atom is 0.243 e. The highest BCUT2D eigenvalue weighted by Gasteiger charge is 2.32. The average molecular weight is 510 g/mol. The maximum atomic E-state index is 13.2. The van der Waals surface area contributed by atoms with Crippen molar-refractivity contribution in [3.05, 3.63) is 54.4 Å². The van der Waals surface area contributed by atoms with Gasteiger partial charge in [0.2, 0.25) is 10.0 Å². The molecule has 3 heterocycles. The van der Waals surface area contributed by atoms with E-state index < -0.39 is 10.0 Å². The number of rotatable bonds is 7. The lowest BCUT2D eigenvalue weighted by Gasteiger charge is -2.38. The summed E-state index contributed by atoms with van der Waals surface area (Å²) in [7, 11) is -1.97. The molecule has 9 heteroatoms. The van der Waals surface area contributed by atoms with Crippen LogP contribution < -0.4 is 9.64 Å². The predicted molar refractivity (Wildman–Crippen MR) is 142 cm³/mol. The molecule has 1 aromatic heterocycles. The number of hydrogen-bond donors (Lipinski definition) is 0. The normalized spacial score (nSPS) is 18.9. The second-order valence-corrected chi connectivity index (χ2v) is 11.4. The van der Waals surface area contributed by atoms with Gasteiger partial charge in [0.1, 0.15) is 17.4 Å². The van der Waals surface area contributed by atoms with Crippen molar-refractivity contribution in [2.24, 2.45) is 0 Å². The van der Waals surface area contributed by atoms with Crippen LogP contribution in [0.2, 0.25) is 0 Å². The average Bonchev–Trinajstić information content (AvgIpc) is 2.94. The van der Waals surface area contributed by atoms with Crippen molar-refractivity contribution in [2.75, 3.05) is 51.3 Å². The Hall–Kier alpha value is -2.75. The molecule has 2 fully saturated rings. The minimum absolute atomic E-state index is 0.0454. The van der Waals surface area contributed by atoms with Gasteiger partial charge in [0.25, 0.3) is 0 Å². The first-order chi connectivity index (χ1) is 17.5. The Morgan fingerprint density at radius 2 is 1.58 bits per heavy atom. The van der Waals surface area contributed by atoms with E-state index in [0.29, 0.717) is 36.8 Å². The van der Waals surface area contributed by atoms with E-state index in [1.807, 2.05) is 6.07 Å². The highest BCUT2D eigenvalue weighted by Crippen LogP contribution is 2.31. The molecule has 5 rings (SSSR count). The maximum absolute atomic E-state index is 13.2. The van der Waals surface area contributed by atoms with Gasteiger partial charge in [-0.1, -0.05) is 19.1 Å². The standard InChI is InChI=1S/C27H35N5O3S/c1-3-25(26-28-24-10-6-5-9-23(24)27(29-26)31-15-7-4-8-16-31)30-17-19-32(20-18-30)36(33,34)22-13-11-21(35-2)12-14-22/h5-6,9-14,25H,3-4,7-8,15-20H2,1-2H3. The van der Waals surface area contributed by atoms with Crippen molar-refractivity contribution in [1.29, 1.82) is 0 Å². The Bertz CT molecular complexity index is 1280. The third kappa shape index (κ3) is 4.92. The number of hydrogen-bond acceptors (Lipinski definition) is 7. The molecule has 8 nitrogen and oxygen atoms in total. The second kappa shape index (κ2) is 10.7. The molecule has 2 saturated heterocycles. The van der Waals surface area contributed by atoms with Crippen molar-refractivity contribution >= 4 is 26.7 Å². The largest absolute Gasteiger partial charge is 0.497 e. The van der Waals surface area contributed by atoms with Crippen LogP contribution >= 0.6 is 0 Å². The first-order valence-electron chi connectivity index (χ1n) is 12.9. The molecule has 0 bridgehead atoms. The Kier molecular flexibility index (Phi) is 7.41. The van der Waals surface area contributed by atoms with E-state index in [9.17, 15) is 8.42 Å². The van der Waals surface area contributed by atoms with Crippen molar-refractivity contribution in [1.82, 2.24) is 19.2 Å². The summed E-state index contributed by atoms with van der Waals surface area (Å²) >= 11 is 0. The van der Waals surface area contributed by atoms with E-state index in [-0.39, 0.29) is 6.04 Å². The van der Waals surface area contributed by atoms with Crippen molar-refractivity contribution in [3.8, 4) is 5.75 Å². The van der Waals surface area contributed by atoms with Crippen LogP contribution in [0.4, 0.5) is 5.82 Å². The molecule has 0 radical (unpaired) electrons. The number of nitrogens with zero attached hydrogens (tertiary/aromatic N) is 5. The summed E-state index contributed by atoms with van der Waals surface area (Å²) in [6, 6.07) is 14.9. The number of fused-ring (bicyclic) bond motifs is 1. The molecule has 0 N–H and O–H groups in total. The van der Waals surface area contributed by atoms with Gasteiger partial charge in [0.05, 0.1) is 23.6 Å². The van der Waals surface area contributed by atoms with Crippen molar-refractivity contribution < 1.29 is 13.2 Å². The number of anilines is 1. The van der Waals surface area contributed by atoms with Crippen LogP contribution in [0.15, 0.2) is 53.4 Å². The lowest BCUT2D eigenvalue weighted by atomic mass is 10.1. The van der Waals surface area contributed by atoms with E-state index in [0.717, 1.165) is 42.1 Å². The number of para-hydroxylation sites is 1. The van der Waals surface area contributed by atoms with E-state index in [1.165, 1.54) is 19.3 Å². The number of aromatic nitrogens is 2. The topological polar surface area (TPSA) is 78.9 Å². The Balaban J connectivity index is 1.36. The molecule has 0 aliphatic carbocycles. The van der Waals surface area contributed by atoms with Crippen molar-refractivity contribution in [3.63, 3.8) is 0 Å². The smallest absolute Gasteiger partial charge is 0.243 e. The van der Waals surface area contributed by atoms with Crippen LogP contribution in [0.5, 0.6) is 5.75 Å². The summed E-state index contributed by atoms with van der Waals surface area (Å²) in [5.74, 6) is 2.52. The Labute approximate surface area is 213 Å². The molecule has 36 heavy (non-hydrogen) atoms. The monoisotopic (exact) mass is 509 g/mol. The number of piperazine rings is 1. The molecule has 2 aromatic carbocycles.